The standard InChI is InChI=1S/C18H18N4O2/c1-22-15-10-6-5-9-14(15)21-16(22)11-19-17(23)12-20-18(24)13-7-3-2-4-8-13/h2-10H,11-12H2,1H3,(H,19,23)(H,20,24). The quantitative estimate of drug-likeness (QED) is 0.749. The van der Waals surface area contributed by atoms with E-state index in [4.69, 9.17) is 0 Å². The molecule has 1 aromatic heterocycles. The Labute approximate surface area is 139 Å². The van der Waals surface area contributed by atoms with E-state index >= 15 is 0 Å². The van der Waals surface area contributed by atoms with Crippen molar-refractivity contribution in [3.05, 3.63) is 66.0 Å². The Balaban J connectivity index is 1.54. The lowest BCUT2D eigenvalue weighted by atomic mass is 10.2. The van der Waals surface area contributed by atoms with Crippen LogP contribution in [0.3, 0.4) is 0 Å². The maximum Gasteiger partial charge on any atom is 0.251 e. The molecule has 1 heterocycles. The maximum absolute atomic E-state index is 11.9. The first-order valence-corrected chi connectivity index (χ1v) is 7.65. The highest BCUT2D eigenvalue weighted by Gasteiger charge is 2.10. The van der Waals surface area contributed by atoms with Crippen molar-refractivity contribution in [3.63, 3.8) is 0 Å². The van der Waals surface area contributed by atoms with Crippen LogP contribution in [-0.4, -0.2) is 27.9 Å². The highest BCUT2D eigenvalue weighted by Crippen LogP contribution is 2.13. The van der Waals surface area contributed by atoms with Gasteiger partial charge in [0.25, 0.3) is 5.91 Å². The monoisotopic (exact) mass is 322 g/mol. The summed E-state index contributed by atoms with van der Waals surface area (Å²) >= 11 is 0. The molecule has 0 aliphatic heterocycles. The zero-order valence-electron chi connectivity index (χ0n) is 13.3. The number of aromatic nitrogens is 2. The Hall–Kier alpha value is -3.15. The van der Waals surface area contributed by atoms with E-state index in [0.717, 1.165) is 16.9 Å². The molecule has 6 heteroatoms. The van der Waals surface area contributed by atoms with E-state index in [1.165, 1.54) is 0 Å². The molecule has 0 radical (unpaired) electrons. The summed E-state index contributed by atoms with van der Waals surface area (Å²) in [6.07, 6.45) is 0. The summed E-state index contributed by atoms with van der Waals surface area (Å²) in [7, 11) is 1.91. The predicted molar refractivity (Wildman–Crippen MR) is 91.3 cm³/mol. The van der Waals surface area contributed by atoms with E-state index in [1.54, 1.807) is 24.3 Å². The summed E-state index contributed by atoms with van der Waals surface area (Å²) in [5.41, 5.74) is 2.43. The van der Waals surface area contributed by atoms with Gasteiger partial charge in [-0.2, -0.15) is 0 Å². The highest BCUT2D eigenvalue weighted by molar-refractivity contribution is 5.96. The zero-order chi connectivity index (χ0) is 16.9. The molecule has 2 amide bonds. The number of carbonyl (C=O) groups excluding carboxylic acids is 2. The Bertz CT molecular complexity index is 871. The van der Waals surface area contributed by atoms with Crippen LogP contribution in [0.1, 0.15) is 16.2 Å². The fraction of sp³-hybridized carbons (Fsp3) is 0.167. The summed E-state index contributed by atoms with van der Waals surface area (Å²) < 4.78 is 1.94. The second-order valence-corrected chi connectivity index (χ2v) is 5.40. The second-order valence-electron chi connectivity index (χ2n) is 5.40. The number of benzene rings is 2. The molecule has 0 fully saturated rings. The normalized spacial score (nSPS) is 10.5. The molecule has 0 unspecified atom stereocenters. The summed E-state index contributed by atoms with van der Waals surface area (Å²) in [5, 5.41) is 5.37. The molecule has 3 rings (SSSR count). The summed E-state index contributed by atoms with van der Waals surface area (Å²) in [4.78, 5) is 28.3. The third-order valence-corrected chi connectivity index (χ3v) is 3.77. The van der Waals surface area contributed by atoms with Crippen molar-refractivity contribution in [3.8, 4) is 0 Å². The molecule has 2 aromatic carbocycles. The van der Waals surface area contributed by atoms with Gasteiger partial charge in [0.05, 0.1) is 24.1 Å². The van der Waals surface area contributed by atoms with E-state index in [1.807, 2.05) is 41.9 Å². The van der Waals surface area contributed by atoms with Crippen molar-refractivity contribution in [1.82, 2.24) is 20.2 Å². The molecule has 0 spiro atoms. The van der Waals surface area contributed by atoms with E-state index in [-0.39, 0.29) is 18.4 Å². The maximum atomic E-state index is 11.9. The van der Waals surface area contributed by atoms with Gasteiger partial charge in [0.1, 0.15) is 5.82 Å². The first kappa shape index (κ1) is 15.7. The minimum atomic E-state index is -0.270. The smallest absolute Gasteiger partial charge is 0.251 e. The van der Waals surface area contributed by atoms with Gasteiger partial charge in [0, 0.05) is 12.6 Å². The van der Waals surface area contributed by atoms with Crippen LogP contribution in [0.2, 0.25) is 0 Å². The van der Waals surface area contributed by atoms with Gasteiger partial charge < -0.3 is 15.2 Å². The van der Waals surface area contributed by atoms with E-state index in [0.29, 0.717) is 12.1 Å². The van der Waals surface area contributed by atoms with E-state index in [9.17, 15) is 9.59 Å². The summed E-state index contributed by atoms with van der Waals surface area (Å²) in [5.74, 6) is 0.235. The molecule has 0 aliphatic rings. The number of hydrogen-bond acceptors (Lipinski definition) is 3. The molecule has 0 saturated heterocycles. The molecule has 2 N–H and O–H groups in total. The van der Waals surface area contributed by atoms with Crippen LogP contribution in [-0.2, 0) is 18.4 Å². The number of imidazole rings is 1. The number of fused-ring (bicyclic) bond motifs is 1. The van der Waals surface area contributed by atoms with Crippen molar-refractivity contribution in [2.45, 2.75) is 6.54 Å². The SMILES string of the molecule is Cn1c(CNC(=O)CNC(=O)c2ccccc2)nc2ccccc21. The van der Waals surface area contributed by atoms with Crippen molar-refractivity contribution in [2.75, 3.05) is 6.54 Å². The van der Waals surface area contributed by atoms with Gasteiger partial charge in [-0.1, -0.05) is 30.3 Å². The number of hydrogen-bond donors (Lipinski definition) is 2. The molecular formula is C18H18N4O2. The number of nitrogens with one attached hydrogen (secondary N) is 2. The molecule has 6 nitrogen and oxygen atoms in total. The molecule has 0 saturated carbocycles. The molecule has 0 bridgehead atoms. The van der Waals surface area contributed by atoms with Gasteiger partial charge >= 0.3 is 0 Å². The number of nitrogens with zero attached hydrogens (tertiary/aromatic N) is 2. The number of carbonyl (C=O) groups is 2. The predicted octanol–water partition coefficient (Wildman–Crippen LogP) is 1.62. The van der Waals surface area contributed by atoms with Crippen molar-refractivity contribution in [1.29, 1.82) is 0 Å². The molecule has 3 aromatic rings. The van der Waals surface area contributed by atoms with Crippen molar-refractivity contribution < 1.29 is 9.59 Å². The zero-order valence-corrected chi connectivity index (χ0v) is 13.3. The van der Waals surface area contributed by atoms with Gasteiger partial charge in [-0.05, 0) is 24.3 Å². The number of rotatable bonds is 5. The van der Waals surface area contributed by atoms with Crippen LogP contribution < -0.4 is 10.6 Å². The topological polar surface area (TPSA) is 76.0 Å². The molecule has 0 aliphatic carbocycles. The average Bonchev–Trinajstić information content (AvgIpc) is 2.95. The second kappa shape index (κ2) is 6.95. The third kappa shape index (κ3) is 3.43. The lowest BCUT2D eigenvalue weighted by Gasteiger charge is -2.07. The third-order valence-electron chi connectivity index (χ3n) is 3.77. The van der Waals surface area contributed by atoms with E-state index in [2.05, 4.69) is 15.6 Å². The minimum Gasteiger partial charge on any atom is -0.347 e. The van der Waals surface area contributed by atoms with Crippen molar-refractivity contribution >= 4 is 22.8 Å². The van der Waals surface area contributed by atoms with Gasteiger partial charge in [-0.25, -0.2) is 4.98 Å². The molecule has 122 valence electrons. The largest absolute Gasteiger partial charge is 0.347 e. The Morgan fingerprint density at radius 3 is 2.46 bits per heavy atom. The van der Waals surface area contributed by atoms with Crippen molar-refractivity contribution in [2.24, 2.45) is 7.05 Å². The Morgan fingerprint density at radius 2 is 1.71 bits per heavy atom. The fourth-order valence-electron chi connectivity index (χ4n) is 2.45. The number of para-hydroxylation sites is 2. The first-order valence-electron chi connectivity index (χ1n) is 7.65. The molecule has 0 atom stereocenters. The average molecular weight is 322 g/mol. The van der Waals surface area contributed by atoms with Crippen LogP contribution in [0.25, 0.3) is 11.0 Å². The summed E-state index contributed by atoms with van der Waals surface area (Å²) in [6, 6.07) is 16.6. The summed E-state index contributed by atoms with van der Waals surface area (Å²) in [6.45, 7) is 0.239. The highest BCUT2D eigenvalue weighted by atomic mass is 16.2. The lowest BCUT2D eigenvalue weighted by molar-refractivity contribution is -0.120. The van der Waals surface area contributed by atoms with Crippen LogP contribution in [0.5, 0.6) is 0 Å². The van der Waals surface area contributed by atoms with Crippen LogP contribution >= 0.6 is 0 Å². The molecule has 24 heavy (non-hydrogen) atoms. The lowest BCUT2D eigenvalue weighted by Crippen LogP contribution is -2.37. The number of aryl methyl sites for hydroxylation is 1. The van der Waals surface area contributed by atoms with Gasteiger partial charge in [-0.15, -0.1) is 0 Å². The van der Waals surface area contributed by atoms with Gasteiger partial charge in [0.15, 0.2) is 0 Å². The van der Waals surface area contributed by atoms with Gasteiger partial charge in [-0.3, -0.25) is 9.59 Å². The van der Waals surface area contributed by atoms with Crippen LogP contribution in [0.15, 0.2) is 54.6 Å². The fourth-order valence-corrected chi connectivity index (χ4v) is 2.45. The first-order chi connectivity index (χ1) is 11.6. The Kier molecular flexibility index (Phi) is 4.56. The Morgan fingerprint density at radius 1 is 1.00 bits per heavy atom. The molecular weight excluding hydrogens is 304 g/mol. The van der Waals surface area contributed by atoms with E-state index < -0.39 is 0 Å². The number of amides is 2. The van der Waals surface area contributed by atoms with Gasteiger partial charge in [0.2, 0.25) is 5.91 Å². The van der Waals surface area contributed by atoms with Crippen LogP contribution in [0, 0.1) is 0 Å². The minimum absolute atomic E-state index is 0.0718. The van der Waals surface area contributed by atoms with Crippen LogP contribution in [0.4, 0.5) is 0 Å².